The molecule has 1 aromatic heterocycles. The van der Waals surface area contributed by atoms with Crippen LogP contribution in [-0.2, 0) is 21.3 Å². The zero-order valence-corrected chi connectivity index (χ0v) is 14.2. The quantitative estimate of drug-likeness (QED) is 0.660. The molecule has 0 aliphatic carbocycles. The Morgan fingerprint density at radius 3 is 2.67 bits per heavy atom. The van der Waals surface area contributed by atoms with Crippen molar-refractivity contribution in [2.75, 3.05) is 26.8 Å². The van der Waals surface area contributed by atoms with E-state index in [2.05, 4.69) is 15.5 Å². The number of aromatic nitrogens is 2. The fraction of sp³-hybridized carbons (Fsp3) is 0.769. The van der Waals surface area contributed by atoms with E-state index in [1.54, 1.807) is 14.0 Å². The lowest BCUT2D eigenvalue weighted by molar-refractivity contribution is 0.138. The Labute approximate surface area is 127 Å². The van der Waals surface area contributed by atoms with Crippen LogP contribution in [0.5, 0.6) is 0 Å². The van der Waals surface area contributed by atoms with Crippen LogP contribution in [0.3, 0.4) is 0 Å². The van der Waals surface area contributed by atoms with E-state index >= 15 is 0 Å². The van der Waals surface area contributed by atoms with Gasteiger partial charge in [-0.3, -0.25) is 5.10 Å². The van der Waals surface area contributed by atoms with E-state index in [0.29, 0.717) is 37.7 Å². The number of ether oxygens (including phenoxy) is 1. The van der Waals surface area contributed by atoms with Crippen LogP contribution >= 0.6 is 0 Å². The Hall–Kier alpha value is -0.960. The molecule has 0 fully saturated rings. The molecule has 0 aromatic carbocycles. The van der Waals surface area contributed by atoms with Crippen molar-refractivity contribution in [2.24, 2.45) is 0 Å². The third-order valence-electron chi connectivity index (χ3n) is 3.06. The largest absolute Gasteiger partial charge is 0.380 e. The van der Waals surface area contributed by atoms with Crippen LogP contribution < -0.4 is 5.32 Å². The summed E-state index contributed by atoms with van der Waals surface area (Å²) in [6, 6.07) is 0.258. The number of sulfonamides is 1. The SMILES string of the molecule is CCOCCN(C)S(=O)(=O)c1c(CNC(C)C)n[nH]c1C. The monoisotopic (exact) mass is 318 g/mol. The highest BCUT2D eigenvalue weighted by Gasteiger charge is 2.28. The second-order valence-electron chi connectivity index (χ2n) is 5.18. The van der Waals surface area contributed by atoms with Crippen molar-refractivity contribution in [1.82, 2.24) is 19.8 Å². The molecule has 122 valence electrons. The third kappa shape index (κ3) is 4.77. The van der Waals surface area contributed by atoms with Gasteiger partial charge in [0.1, 0.15) is 4.90 Å². The molecule has 1 heterocycles. The molecule has 7 nitrogen and oxygen atoms in total. The Kier molecular flexibility index (Phi) is 6.79. The predicted octanol–water partition coefficient (Wildman–Crippen LogP) is 0.873. The number of aryl methyl sites for hydroxylation is 1. The fourth-order valence-electron chi connectivity index (χ4n) is 1.85. The highest BCUT2D eigenvalue weighted by atomic mass is 32.2. The molecule has 0 unspecified atom stereocenters. The van der Waals surface area contributed by atoms with E-state index < -0.39 is 10.0 Å². The van der Waals surface area contributed by atoms with Gasteiger partial charge in [0.05, 0.1) is 18.0 Å². The second-order valence-corrected chi connectivity index (χ2v) is 7.17. The van der Waals surface area contributed by atoms with E-state index in [0.717, 1.165) is 0 Å². The minimum Gasteiger partial charge on any atom is -0.380 e. The molecule has 8 heteroatoms. The van der Waals surface area contributed by atoms with Gasteiger partial charge >= 0.3 is 0 Å². The molecule has 1 aromatic rings. The number of likely N-dealkylation sites (N-methyl/N-ethyl adjacent to an activating group) is 1. The summed E-state index contributed by atoms with van der Waals surface area (Å²) >= 11 is 0. The lowest BCUT2D eigenvalue weighted by Gasteiger charge is -2.18. The first kappa shape index (κ1) is 18.1. The first-order valence-corrected chi connectivity index (χ1v) is 8.56. The summed E-state index contributed by atoms with van der Waals surface area (Å²) in [5, 5.41) is 10.1. The molecular weight excluding hydrogens is 292 g/mol. The molecule has 1 rings (SSSR count). The minimum atomic E-state index is -3.57. The van der Waals surface area contributed by atoms with Crippen LogP contribution in [-0.4, -0.2) is 55.8 Å². The molecule has 0 saturated carbocycles. The number of hydrogen-bond donors (Lipinski definition) is 2. The van der Waals surface area contributed by atoms with Gasteiger partial charge in [0, 0.05) is 32.8 Å². The lowest BCUT2D eigenvalue weighted by atomic mass is 10.3. The molecule has 0 aliphatic rings. The van der Waals surface area contributed by atoms with Crippen molar-refractivity contribution in [3.63, 3.8) is 0 Å². The average Bonchev–Trinajstić information content (AvgIpc) is 2.78. The summed E-state index contributed by atoms with van der Waals surface area (Å²) < 4.78 is 31.8. The van der Waals surface area contributed by atoms with Gasteiger partial charge < -0.3 is 10.1 Å². The molecule has 0 atom stereocenters. The first-order valence-electron chi connectivity index (χ1n) is 7.12. The van der Waals surface area contributed by atoms with Crippen molar-refractivity contribution < 1.29 is 13.2 Å². The smallest absolute Gasteiger partial charge is 0.246 e. The normalized spacial score (nSPS) is 12.5. The Morgan fingerprint density at radius 1 is 1.43 bits per heavy atom. The van der Waals surface area contributed by atoms with Gasteiger partial charge in [0.25, 0.3) is 0 Å². The summed E-state index contributed by atoms with van der Waals surface area (Å²) in [5.41, 5.74) is 1.07. The highest BCUT2D eigenvalue weighted by Crippen LogP contribution is 2.21. The fourth-order valence-corrected chi connectivity index (χ4v) is 3.32. The number of nitrogens with zero attached hydrogens (tertiary/aromatic N) is 2. The molecule has 0 aliphatic heterocycles. The van der Waals surface area contributed by atoms with Crippen LogP contribution in [0.2, 0.25) is 0 Å². The highest BCUT2D eigenvalue weighted by molar-refractivity contribution is 7.89. The summed E-state index contributed by atoms with van der Waals surface area (Å²) in [5.74, 6) is 0. The standard InChI is InChI=1S/C13H26N4O3S/c1-6-20-8-7-17(5)21(18,19)13-11(4)15-16-12(13)9-14-10(2)3/h10,14H,6-9H2,1-5H3,(H,15,16). The number of hydrogen-bond acceptors (Lipinski definition) is 5. The van der Waals surface area contributed by atoms with Crippen molar-refractivity contribution in [3.05, 3.63) is 11.4 Å². The van der Waals surface area contributed by atoms with Gasteiger partial charge in [-0.1, -0.05) is 13.8 Å². The van der Waals surface area contributed by atoms with Crippen LogP contribution in [0.1, 0.15) is 32.2 Å². The Bertz CT molecular complexity index is 540. The van der Waals surface area contributed by atoms with Gasteiger partial charge in [-0.2, -0.15) is 9.40 Å². The maximum absolute atomic E-state index is 12.7. The zero-order valence-electron chi connectivity index (χ0n) is 13.4. The number of H-pyrrole nitrogens is 1. The van der Waals surface area contributed by atoms with Gasteiger partial charge in [-0.15, -0.1) is 0 Å². The molecule has 0 bridgehead atoms. The third-order valence-corrected chi connectivity index (χ3v) is 5.12. The molecule has 0 amide bonds. The van der Waals surface area contributed by atoms with Crippen molar-refractivity contribution in [2.45, 2.75) is 45.2 Å². The topological polar surface area (TPSA) is 87.3 Å². The van der Waals surface area contributed by atoms with Crippen LogP contribution in [0.4, 0.5) is 0 Å². The molecule has 21 heavy (non-hydrogen) atoms. The van der Waals surface area contributed by atoms with Crippen LogP contribution in [0.15, 0.2) is 4.90 Å². The summed E-state index contributed by atoms with van der Waals surface area (Å²) in [6.45, 7) is 9.28. The number of rotatable bonds is 9. The molecule has 0 spiro atoms. The maximum Gasteiger partial charge on any atom is 0.246 e. The molecule has 0 radical (unpaired) electrons. The van der Waals surface area contributed by atoms with Gasteiger partial charge in [0.2, 0.25) is 10.0 Å². The summed E-state index contributed by atoms with van der Waals surface area (Å²) in [7, 11) is -2.01. The second kappa shape index (κ2) is 7.88. The van der Waals surface area contributed by atoms with Gasteiger partial charge in [-0.05, 0) is 13.8 Å². The maximum atomic E-state index is 12.7. The molecular formula is C13H26N4O3S. The van der Waals surface area contributed by atoms with Gasteiger partial charge in [-0.25, -0.2) is 8.42 Å². The van der Waals surface area contributed by atoms with E-state index in [1.165, 1.54) is 4.31 Å². The zero-order chi connectivity index (χ0) is 16.0. The van der Waals surface area contributed by atoms with E-state index in [-0.39, 0.29) is 10.9 Å². The van der Waals surface area contributed by atoms with Crippen LogP contribution in [0.25, 0.3) is 0 Å². The van der Waals surface area contributed by atoms with E-state index in [4.69, 9.17) is 4.74 Å². The number of aromatic amines is 1. The minimum absolute atomic E-state index is 0.258. The van der Waals surface area contributed by atoms with Gasteiger partial charge in [0.15, 0.2) is 0 Å². The van der Waals surface area contributed by atoms with E-state index in [1.807, 2.05) is 20.8 Å². The molecule has 0 saturated heterocycles. The average molecular weight is 318 g/mol. The van der Waals surface area contributed by atoms with Crippen molar-refractivity contribution in [1.29, 1.82) is 0 Å². The van der Waals surface area contributed by atoms with Crippen LogP contribution in [0, 0.1) is 6.92 Å². The van der Waals surface area contributed by atoms with Crippen molar-refractivity contribution in [3.8, 4) is 0 Å². The summed E-state index contributed by atoms with van der Waals surface area (Å²) in [6.07, 6.45) is 0. The predicted molar refractivity (Wildman–Crippen MR) is 81.6 cm³/mol. The van der Waals surface area contributed by atoms with E-state index in [9.17, 15) is 8.42 Å². The molecule has 2 N–H and O–H groups in total. The van der Waals surface area contributed by atoms with Crippen molar-refractivity contribution >= 4 is 10.0 Å². The lowest BCUT2D eigenvalue weighted by Crippen LogP contribution is -2.32. The first-order chi connectivity index (χ1) is 9.80. The Balaban J connectivity index is 2.93. The number of nitrogens with one attached hydrogen (secondary N) is 2. The Morgan fingerprint density at radius 2 is 2.10 bits per heavy atom. The summed E-state index contributed by atoms with van der Waals surface area (Å²) in [4.78, 5) is 0.259.